The number of fused-ring (bicyclic) bond motifs is 1. The second kappa shape index (κ2) is 9.14. The quantitative estimate of drug-likeness (QED) is 0.719. The van der Waals surface area contributed by atoms with Crippen LogP contribution in [-0.4, -0.2) is 71.1 Å². The van der Waals surface area contributed by atoms with E-state index in [-0.39, 0.29) is 5.91 Å². The SMILES string of the molecule is CN(Cc1ccc2c(c1)CCN(C1CCC1)CC2)C(=O)c1cnc(N2CC[C@H](F)C2)cn1. The zero-order chi connectivity index (χ0) is 22.1. The summed E-state index contributed by atoms with van der Waals surface area (Å²) in [4.78, 5) is 27.8. The van der Waals surface area contributed by atoms with Crippen LogP contribution < -0.4 is 4.90 Å². The molecule has 1 atom stereocenters. The molecule has 3 heterocycles. The third kappa shape index (κ3) is 4.49. The van der Waals surface area contributed by atoms with Crippen molar-refractivity contribution < 1.29 is 9.18 Å². The van der Waals surface area contributed by atoms with Gasteiger partial charge in [-0.1, -0.05) is 24.6 Å². The highest BCUT2D eigenvalue weighted by atomic mass is 19.1. The Balaban J connectivity index is 1.21. The molecule has 3 aliphatic rings. The number of carbonyl (C=O) groups excluding carboxylic acids is 1. The van der Waals surface area contributed by atoms with Gasteiger partial charge in [0, 0.05) is 39.3 Å². The van der Waals surface area contributed by atoms with E-state index in [1.54, 1.807) is 18.1 Å². The lowest BCUT2D eigenvalue weighted by molar-refractivity contribution is 0.0779. The van der Waals surface area contributed by atoms with Crippen LogP contribution in [-0.2, 0) is 19.4 Å². The topological polar surface area (TPSA) is 52.6 Å². The average molecular weight is 438 g/mol. The molecule has 1 aliphatic carbocycles. The zero-order valence-corrected chi connectivity index (χ0v) is 18.8. The molecule has 6 nitrogen and oxygen atoms in total. The molecule has 5 rings (SSSR count). The van der Waals surface area contributed by atoms with Gasteiger partial charge in [-0.3, -0.25) is 9.69 Å². The molecule has 2 aliphatic heterocycles. The lowest BCUT2D eigenvalue weighted by Crippen LogP contribution is -2.41. The van der Waals surface area contributed by atoms with Crippen LogP contribution in [0.2, 0.25) is 0 Å². The maximum Gasteiger partial charge on any atom is 0.274 e. The van der Waals surface area contributed by atoms with Crippen LogP contribution in [0.5, 0.6) is 0 Å². The number of hydrogen-bond acceptors (Lipinski definition) is 5. The van der Waals surface area contributed by atoms with Crippen LogP contribution in [0.4, 0.5) is 10.2 Å². The molecule has 2 aromatic rings. The fourth-order valence-corrected chi connectivity index (χ4v) is 5.07. The van der Waals surface area contributed by atoms with Crippen LogP contribution in [0.25, 0.3) is 0 Å². The highest BCUT2D eigenvalue weighted by Gasteiger charge is 2.27. The van der Waals surface area contributed by atoms with Crippen LogP contribution in [0.1, 0.15) is 52.9 Å². The van der Waals surface area contributed by atoms with E-state index in [0.29, 0.717) is 37.6 Å². The van der Waals surface area contributed by atoms with E-state index in [9.17, 15) is 9.18 Å². The number of amides is 1. The van der Waals surface area contributed by atoms with E-state index in [4.69, 9.17) is 0 Å². The van der Waals surface area contributed by atoms with Gasteiger partial charge in [-0.05, 0) is 48.8 Å². The number of anilines is 1. The summed E-state index contributed by atoms with van der Waals surface area (Å²) in [6.45, 7) is 3.82. The van der Waals surface area contributed by atoms with Gasteiger partial charge in [0.1, 0.15) is 17.7 Å². The number of benzene rings is 1. The normalized spacial score (nSPS) is 21.7. The van der Waals surface area contributed by atoms with Gasteiger partial charge in [-0.2, -0.15) is 0 Å². The fourth-order valence-electron chi connectivity index (χ4n) is 5.07. The predicted octanol–water partition coefficient (Wildman–Crippen LogP) is 3.25. The maximum atomic E-state index is 13.4. The molecule has 1 aromatic heterocycles. The second-order valence-electron chi connectivity index (χ2n) is 9.48. The Morgan fingerprint density at radius 2 is 1.91 bits per heavy atom. The van der Waals surface area contributed by atoms with Crippen LogP contribution >= 0.6 is 0 Å². The number of halogens is 1. The van der Waals surface area contributed by atoms with E-state index in [2.05, 4.69) is 33.1 Å². The van der Waals surface area contributed by atoms with Gasteiger partial charge in [-0.25, -0.2) is 14.4 Å². The minimum absolute atomic E-state index is 0.153. The van der Waals surface area contributed by atoms with Gasteiger partial charge in [0.2, 0.25) is 0 Å². The molecule has 1 aromatic carbocycles. The Morgan fingerprint density at radius 3 is 2.56 bits per heavy atom. The number of nitrogens with zero attached hydrogens (tertiary/aromatic N) is 5. The van der Waals surface area contributed by atoms with E-state index in [1.165, 1.54) is 36.6 Å². The Kier molecular flexibility index (Phi) is 6.09. The van der Waals surface area contributed by atoms with Crippen molar-refractivity contribution in [2.45, 2.75) is 57.3 Å². The fraction of sp³-hybridized carbons (Fsp3) is 0.560. The smallest absolute Gasteiger partial charge is 0.274 e. The first-order valence-electron chi connectivity index (χ1n) is 11.9. The van der Waals surface area contributed by atoms with E-state index in [0.717, 1.165) is 37.5 Å². The van der Waals surface area contributed by atoms with Crippen molar-refractivity contribution in [1.82, 2.24) is 19.8 Å². The first-order valence-corrected chi connectivity index (χ1v) is 11.9. The third-order valence-electron chi connectivity index (χ3n) is 7.28. The lowest BCUT2D eigenvalue weighted by atomic mass is 9.91. The molecule has 0 unspecified atom stereocenters. The van der Waals surface area contributed by atoms with E-state index >= 15 is 0 Å². The summed E-state index contributed by atoms with van der Waals surface area (Å²) < 4.78 is 13.4. The highest BCUT2D eigenvalue weighted by Crippen LogP contribution is 2.28. The number of hydrogen-bond donors (Lipinski definition) is 0. The van der Waals surface area contributed by atoms with Gasteiger partial charge in [0.05, 0.1) is 18.9 Å². The summed E-state index contributed by atoms with van der Waals surface area (Å²) >= 11 is 0. The largest absolute Gasteiger partial charge is 0.352 e. The molecule has 0 spiro atoms. The molecular weight excluding hydrogens is 405 g/mol. The number of aromatic nitrogens is 2. The van der Waals surface area contributed by atoms with Crippen molar-refractivity contribution in [1.29, 1.82) is 0 Å². The second-order valence-corrected chi connectivity index (χ2v) is 9.48. The molecule has 0 N–H and O–H groups in total. The van der Waals surface area contributed by atoms with Gasteiger partial charge in [0.25, 0.3) is 5.91 Å². The van der Waals surface area contributed by atoms with Crippen molar-refractivity contribution in [2.75, 3.05) is 38.1 Å². The minimum Gasteiger partial charge on any atom is -0.352 e. The molecule has 2 fully saturated rings. The Morgan fingerprint density at radius 1 is 1.09 bits per heavy atom. The number of rotatable bonds is 5. The van der Waals surface area contributed by atoms with E-state index < -0.39 is 6.17 Å². The molecule has 0 bridgehead atoms. The minimum atomic E-state index is -0.813. The molecule has 1 amide bonds. The molecule has 170 valence electrons. The van der Waals surface area contributed by atoms with Crippen molar-refractivity contribution in [3.8, 4) is 0 Å². The monoisotopic (exact) mass is 437 g/mol. The van der Waals surface area contributed by atoms with Crippen LogP contribution in [0.15, 0.2) is 30.6 Å². The maximum absolute atomic E-state index is 13.4. The lowest BCUT2D eigenvalue weighted by Gasteiger charge is -2.36. The predicted molar refractivity (Wildman–Crippen MR) is 123 cm³/mol. The van der Waals surface area contributed by atoms with Gasteiger partial charge < -0.3 is 9.80 Å². The first-order chi connectivity index (χ1) is 15.6. The standard InChI is InChI=1S/C25H32FN5O/c1-29(25(32)23-14-28-24(15-27-23)31-12-9-21(26)17-31)16-18-5-6-19-7-10-30(22-3-2-4-22)11-8-20(19)13-18/h5-6,13-15,21-22H,2-4,7-12,16-17H2,1H3/t21-/m0/s1. The molecule has 1 saturated carbocycles. The van der Waals surface area contributed by atoms with Crippen molar-refractivity contribution in [3.63, 3.8) is 0 Å². The molecular formula is C25H32FN5O. The van der Waals surface area contributed by atoms with Crippen molar-refractivity contribution in [3.05, 3.63) is 53.0 Å². The summed E-state index contributed by atoms with van der Waals surface area (Å²) in [6.07, 6.45) is 9.07. The van der Waals surface area contributed by atoms with Gasteiger partial charge in [-0.15, -0.1) is 0 Å². The van der Waals surface area contributed by atoms with Crippen molar-refractivity contribution >= 4 is 11.7 Å². The Labute approximate surface area is 189 Å². The Hall–Kier alpha value is -2.54. The zero-order valence-electron chi connectivity index (χ0n) is 18.8. The van der Waals surface area contributed by atoms with Gasteiger partial charge in [0.15, 0.2) is 0 Å². The van der Waals surface area contributed by atoms with Crippen LogP contribution in [0.3, 0.4) is 0 Å². The highest BCUT2D eigenvalue weighted by molar-refractivity contribution is 5.91. The van der Waals surface area contributed by atoms with E-state index in [1.807, 2.05) is 4.90 Å². The Bertz CT molecular complexity index is 961. The summed E-state index contributed by atoms with van der Waals surface area (Å²) in [6, 6.07) is 7.47. The summed E-state index contributed by atoms with van der Waals surface area (Å²) in [7, 11) is 1.80. The first kappa shape index (κ1) is 21.3. The summed E-state index contributed by atoms with van der Waals surface area (Å²) in [5, 5.41) is 0. The average Bonchev–Trinajstić information content (AvgIpc) is 3.10. The molecule has 0 radical (unpaired) electrons. The summed E-state index contributed by atoms with van der Waals surface area (Å²) in [5.41, 5.74) is 4.33. The number of alkyl halides is 1. The van der Waals surface area contributed by atoms with Crippen LogP contribution in [0, 0.1) is 0 Å². The molecule has 1 saturated heterocycles. The third-order valence-corrected chi connectivity index (χ3v) is 7.28. The number of carbonyl (C=O) groups is 1. The van der Waals surface area contributed by atoms with Gasteiger partial charge >= 0.3 is 0 Å². The molecule has 32 heavy (non-hydrogen) atoms. The summed E-state index contributed by atoms with van der Waals surface area (Å²) in [5.74, 6) is 0.478. The van der Waals surface area contributed by atoms with Crippen molar-refractivity contribution in [2.24, 2.45) is 0 Å². The molecule has 7 heteroatoms.